The number of aliphatic hydroxyl groups is 4. The molecule has 0 aromatic heterocycles. The Morgan fingerprint density at radius 2 is 1.07 bits per heavy atom. The Bertz CT molecular complexity index is 996. The van der Waals surface area contributed by atoms with Crippen molar-refractivity contribution in [1.82, 2.24) is 0 Å². The predicted octanol–water partition coefficient (Wildman–Crippen LogP) is 9.11. The van der Waals surface area contributed by atoms with Crippen molar-refractivity contribution < 1.29 is 49.0 Å². The molecule has 1 heterocycles. The molecule has 0 spiro atoms. The van der Waals surface area contributed by atoms with Crippen LogP contribution in [0.5, 0.6) is 0 Å². The quantitative estimate of drug-likeness (QED) is 0.0275. The van der Waals surface area contributed by atoms with Gasteiger partial charge in [0.1, 0.15) is 31.0 Å². The number of carbonyl (C=O) groups excluding carboxylic acids is 2. The van der Waals surface area contributed by atoms with Gasteiger partial charge in [0.15, 0.2) is 12.4 Å². The third kappa shape index (κ3) is 28.0. The lowest BCUT2D eigenvalue weighted by Crippen LogP contribution is -2.59. The van der Waals surface area contributed by atoms with Gasteiger partial charge in [0.05, 0.1) is 13.2 Å². The van der Waals surface area contributed by atoms with Crippen LogP contribution < -0.4 is 0 Å². The second kappa shape index (κ2) is 36.3. The molecular formula is C45H80O10. The summed E-state index contributed by atoms with van der Waals surface area (Å²) in [4.78, 5) is 25.3. The Labute approximate surface area is 334 Å². The normalized spacial score (nSPS) is 20.9. The summed E-state index contributed by atoms with van der Waals surface area (Å²) in [6, 6.07) is 0. The molecule has 0 aromatic rings. The first-order valence-electron chi connectivity index (χ1n) is 22.1. The summed E-state index contributed by atoms with van der Waals surface area (Å²) in [7, 11) is 0. The maximum Gasteiger partial charge on any atom is 0.306 e. The van der Waals surface area contributed by atoms with Crippen LogP contribution in [0.2, 0.25) is 0 Å². The standard InChI is InChI=1S/C45H80O10/c1-3-5-7-9-11-13-15-17-19-21-23-25-27-29-31-33-40(47)52-36-38(37-53-45-44(51)43(50)42(49)39(35-46)55-45)54-41(48)34-32-30-28-26-24-22-20-18-16-14-12-10-8-6-4-2/h6,8,12,14,18,20,38-39,42-46,49-51H,3-5,7,9-11,13,15-17,19,21-37H2,1-2H3/b8-6-,14-12-,20-18-. The van der Waals surface area contributed by atoms with E-state index in [4.69, 9.17) is 18.9 Å². The molecule has 1 aliphatic rings. The fourth-order valence-corrected chi connectivity index (χ4v) is 6.56. The fraction of sp³-hybridized carbons (Fsp3) is 0.822. The molecule has 0 aliphatic carbocycles. The molecular weight excluding hydrogens is 700 g/mol. The number of ether oxygens (including phenoxy) is 4. The third-order valence-electron chi connectivity index (χ3n) is 10.0. The molecule has 1 aliphatic heterocycles. The Morgan fingerprint density at radius 3 is 1.62 bits per heavy atom. The van der Waals surface area contributed by atoms with E-state index in [1.54, 1.807) is 0 Å². The second-order valence-electron chi connectivity index (χ2n) is 15.1. The third-order valence-corrected chi connectivity index (χ3v) is 10.0. The number of esters is 2. The molecule has 1 fully saturated rings. The van der Waals surface area contributed by atoms with Gasteiger partial charge in [-0.05, 0) is 44.9 Å². The zero-order valence-corrected chi connectivity index (χ0v) is 34.7. The highest BCUT2D eigenvalue weighted by atomic mass is 16.7. The number of allylic oxidation sites excluding steroid dienone is 6. The highest BCUT2D eigenvalue weighted by Crippen LogP contribution is 2.22. The lowest BCUT2D eigenvalue weighted by molar-refractivity contribution is -0.305. The summed E-state index contributed by atoms with van der Waals surface area (Å²) < 4.78 is 22.1. The summed E-state index contributed by atoms with van der Waals surface area (Å²) in [5, 5.41) is 40.0. The van der Waals surface area contributed by atoms with E-state index in [-0.39, 0.29) is 32.0 Å². The molecule has 6 unspecified atom stereocenters. The average molecular weight is 781 g/mol. The van der Waals surface area contributed by atoms with E-state index in [2.05, 4.69) is 50.3 Å². The first-order valence-corrected chi connectivity index (χ1v) is 22.1. The van der Waals surface area contributed by atoms with Gasteiger partial charge in [0, 0.05) is 12.8 Å². The first kappa shape index (κ1) is 50.9. The molecule has 55 heavy (non-hydrogen) atoms. The fourth-order valence-electron chi connectivity index (χ4n) is 6.56. The smallest absolute Gasteiger partial charge is 0.306 e. The monoisotopic (exact) mass is 781 g/mol. The largest absolute Gasteiger partial charge is 0.462 e. The van der Waals surface area contributed by atoms with Crippen LogP contribution in [0, 0.1) is 0 Å². The molecule has 10 heteroatoms. The van der Waals surface area contributed by atoms with Crippen molar-refractivity contribution >= 4 is 11.9 Å². The van der Waals surface area contributed by atoms with Crippen molar-refractivity contribution in [2.24, 2.45) is 0 Å². The number of carbonyl (C=O) groups is 2. The van der Waals surface area contributed by atoms with Gasteiger partial charge in [-0.15, -0.1) is 0 Å². The Hall–Kier alpha value is -2.08. The first-order chi connectivity index (χ1) is 26.8. The highest BCUT2D eigenvalue weighted by molar-refractivity contribution is 5.70. The predicted molar refractivity (Wildman–Crippen MR) is 219 cm³/mol. The molecule has 320 valence electrons. The zero-order valence-electron chi connectivity index (χ0n) is 34.7. The number of hydrogen-bond donors (Lipinski definition) is 4. The van der Waals surface area contributed by atoms with Gasteiger partial charge in [-0.2, -0.15) is 0 Å². The second-order valence-corrected chi connectivity index (χ2v) is 15.1. The van der Waals surface area contributed by atoms with Crippen LogP contribution in [0.1, 0.15) is 181 Å². The van der Waals surface area contributed by atoms with Gasteiger partial charge in [0.25, 0.3) is 0 Å². The molecule has 0 aromatic carbocycles. The number of rotatable bonds is 36. The minimum atomic E-state index is -1.60. The van der Waals surface area contributed by atoms with E-state index in [1.165, 1.54) is 77.0 Å². The molecule has 0 bridgehead atoms. The molecule has 0 saturated carbocycles. The molecule has 0 radical (unpaired) electrons. The lowest BCUT2D eigenvalue weighted by Gasteiger charge is -2.39. The Morgan fingerprint density at radius 1 is 0.582 bits per heavy atom. The number of aliphatic hydroxyl groups excluding tert-OH is 4. The minimum absolute atomic E-state index is 0.212. The topological polar surface area (TPSA) is 152 Å². The van der Waals surface area contributed by atoms with Gasteiger partial charge < -0.3 is 39.4 Å². The number of unbranched alkanes of at least 4 members (excludes halogenated alkanes) is 19. The van der Waals surface area contributed by atoms with Crippen molar-refractivity contribution in [3.05, 3.63) is 36.5 Å². The van der Waals surface area contributed by atoms with Crippen LogP contribution in [0.25, 0.3) is 0 Å². The van der Waals surface area contributed by atoms with E-state index < -0.39 is 49.4 Å². The van der Waals surface area contributed by atoms with E-state index >= 15 is 0 Å². The summed E-state index contributed by atoms with van der Waals surface area (Å²) in [6.07, 6.45) is 32.9. The van der Waals surface area contributed by atoms with Crippen LogP contribution in [0.4, 0.5) is 0 Å². The average Bonchev–Trinajstić information content (AvgIpc) is 3.18. The van der Waals surface area contributed by atoms with E-state index in [0.717, 1.165) is 70.6 Å². The summed E-state index contributed by atoms with van der Waals surface area (Å²) in [6.45, 7) is 3.30. The van der Waals surface area contributed by atoms with Gasteiger partial charge in [-0.1, -0.05) is 159 Å². The maximum atomic E-state index is 12.7. The summed E-state index contributed by atoms with van der Waals surface area (Å²) in [5.41, 5.74) is 0. The molecule has 1 rings (SSSR count). The van der Waals surface area contributed by atoms with Crippen molar-refractivity contribution in [2.75, 3.05) is 19.8 Å². The van der Waals surface area contributed by atoms with Crippen LogP contribution in [0.3, 0.4) is 0 Å². The Kier molecular flexibility index (Phi) is 33.6. The summed E-state index contributed by atoms with van der Waals surface area (Å²) >= 11 is 0. The van der Waals surface area contributed by atoms with Crippen LogP contribution in [-0.2, 0) is 28.5 Å². The molecule has 4 N–H and O–H groups in total. The zero-order chi connectivity index (χ0) is 40.2. The van der Waals surface area contributed by atoms with E-state index in [1.807, 2.05) is 0 Å². The lowest BCUT2D eigenvalue weighted by atomic mass is 9.99. The van der Waals surface area contributed by atoms with Crippen LogP contribution >= 0.6 is 0 Å². The SMILES string of the molecule is CC/C=C\C/C=C\C/C=C\CCCCCCCC(=O)OC(COC(=O)CCCCCCCCCCCCCCCCC)COC1OC(CO)C(O)C(O)C1O. The van der Waals surface area contributed by atoms with Crippen molar-refractivity contribution in [3.63, 3.8) is 0 Å². The summed E-state index contributed by atoms with van der Waals surface area (Å²) in [5.74, 6) is -0.822. The maximum absolute atomic E-state index is 12.7. The molecule has 1 saturated heterocycles. The van der Waals surface area contributed by atoms with Crippen LogP contribution in [0.15, 0.2) is 36.5 Å². The van der Waals surface area contributed by atoms with Gasteiger partial charge >= 0.3 is 11.9 Å². The molecule has 10 nitrogen and oxygen atoms in total. The van der Waals surface area contributed by atoms with Crippen LogP contribution in [-0.4, -0.2) is 89.0 Å². The van der Waals surface area contributed by atoms with E-state index in [9.17, 15) is 30.0 Å². The van der Waals surface area contributed by atoms with Crippen molar-refractivity contribution in [2.45, 2.75) is 218 Å². The highest BCUT2D eigenvalue weighted by Gasteiger charge is 2.44. The van der Waals surface area contributed by atoms with Gasteiger partial charge in [-0.3, -0.25) is 9.59 Å². The number of hydrogen-bond acceptors (Lipinski definition) is 10. The van der Waals surface area contributed by atoms with Gasteiger partial charge in [-0.25, -0.2) is 0 Å². The van der Waals surface area contributed by atoms with Crippen molar-refractivity contribution in [3.8, 4) is 0 Å². The minimum Gasteiger partial charge on any atom is -0.462 e. The van der Waals surface area contributed by atoms with Crippen molar-refractivity contribution in [1.29, 1.82) is 0 Å². The van der Waals surface area contributed by atoms with Gasteiger partial charge in [0.2, 0.25) is 0 Å². The van der Waals surface area contributed by atoms with E-state index in [0.29, 0.717) is 6.42 Å². The molecule has 6 atom stereocenters. The molecule has 0 amide bonds. The Balaban J connectivity index is 2.34.